The number of aliphatic hydroxyl groups excluding tert-OH is 10. The minimum absolute atomic E-state index is 0.526. The first-order valence-corrected chi connectivity index (χ1v) is 7.12. The van der Waals surface area contributed by atoms with Gasteiger partial charge in [-0.05, 0) is 0 Å². The van der Waals surface area contributed by atoms with Crippen LogP contribution in [0.15, 0.2) is 0 Å². The second kappa shape index (κ2) is 9.28. The zero-order valence-corrected chi connectivity index (χ0v) is 12.5. The van der Waals surface area contributed by atoms with Crippen molar-refractivity contribution >= 4 is 0 Å². The van der Waals surface area contributed by atoms with Crippen LogP contribution in [-0.4, -0.2) is 126 Å². The smallest absolute Gasteiger partial charge is 0.184 e. The van der Waals surface area contributed by atoms with E-state index in [2.05, 4.69) is 9.47 Å². The second-order valence-electron chi connectivity index (χ2n) is 5.44. The van der Waals surface area contributed by atoms with Gasteiger partial charge in [0.05, 0.1) is 13.2 Å². The van der Waals surface area contributed by atoms with E-state index in [-0.39, 0.29) is 0 Å². The van der Waals surface area contributed by atoms with Crippen molar-refractivity contribution in [3.8, 4) is 0 Å². The van der Waals surface area contributed by atoms with Crippen molar-refractivity contribution in [1.29, 1.82) is 0 Å². The highest BCUT2D eigenvalue weighted by atomic mass is 16.6. The lowest BCUT2D eigenvalue weighted by atomic mass is 10.00. The van der Waals surface area contributed by atoms with E-state index >= 15 is 0 Å². The molecule has 0 aliphatic carbocycles. The fourth-order valence-corrected chi connectivity index (χ4v) is 2.16. The molecule has 2 aliphatic heterocycles. The lowest BCUT2D eigenvalue weighted by Gasteiger charge is -2.37. The topological polar surface area (TPSA) is 221 Å². The van der Waals surface area contributed by atoms with Gasteiger partial charge >= 0.3 is 0 Å². The quantitative estimate of drug-likeness (QED) is 0.222. The Morgan fingerprint density at radius 3 is 1.00 bits per heavy atom. The van der Waals surface area contributed by atoms with Gasteiger partial charge in [0, 0.05) is 0 Å². The molecule has 24 heavy (non-hydrogen) atoms. The fraction of sp³-hybridized carbons (Fsp3) is 1.00. The first-order valence-electron chi connectivity index (χ1n) is 7.12. The Morgan fingerprint density at radius 2 is 0.750 bits per heavy atom. The zero-order chi connectivity index (χ0) is 18.6. The SMILES string of the molecule is OC[C@H]1OC(O)[C@H](O)[C@@H](O)[C@@H]1O.OC[C@H]1O[C@H](O)[C@H](O)[C@@H](O)[C@@H]1O. The highest BCUT2D eigenvalue weighted by molar-refractivity contribution is 4.88. The van der Waals surface area contributed by atoms with Gasteiger partial charge in [-0.15, -0.1) is 0 Å². The predicted octanol–water partition coefficient (Wildman–Crippen LogP) is -6.44. The molecule has 10 N–H and O–H groups in total. The average Bonchev–Trinajstić information content (AvgIpc) is 2.58. The molecule has 0 bridgehead atoms. The van der Waals surface area contributed by atoms with E-state index in [1.807, 2.05) is 0 Å². The number of aliphatic hydroxyl groups is 10. The fourth-order valence-electron chi connectivity index (χ4n) is 2.16. The summed E-state index contributed by atoms with van der Waals surface area (Å²) in [7, 11) is 0. The monoisotopic (exact) mass is 360 g/mol. The zero-order valence-electron chi connectivity index (χ0n) is 12.5. The van der Waals surface area contributed by atoms with E-state index < -0.39 is 74.6 Å². The largest absolute Gasteiger partial charge is 0.394 e. The molecule has 2 aliphatic rings. The van der Waals surface area contributed by atoms with E-state index in [0.717, 1.165) is 0 Å². The summed E-state index contributed by atoms with van der Waals surface area (Å²) in [6.07, 6.45) is -14.1. The summed E-state index contributed by atoms with van der Waals surface area (Å²) >= 11 is 0. The molecule has 2 fully saturated rings. The van der Waals surface area contributed by atoms with Gasteiger partial charge in [0.25, 0.3) is 0 Å². The van der Waals surface area contributed by atoms with Crippen LogP contribution in [0, 0.1) is 0 Å². The van der Waals surface area contributed by atoms with Crippen molar-refractivity contribution in [2.24, 2.45) is 0 Å². The van der Waals surface area contributed by atoms with Crippen molar-refractivity contribution in [3.63, 3.8) is 0 Å². The maximum Gasteiger partial charge on any atom is 0.184 e. The van der Waals surface area contributed by atoms with Crippen LogP contribution in [0.25, 0.3) is 0 Å². The van der Waals surface area contributed by atoms with Gasteiger partial charge in [0.2, 0.25) is 0 Å². The van der Waals surface area contributed by atoms with Crippen LogP contribution in [0.4, 0.5) is 0 Å². The van der Waals surface area contributed by atoms with E-state index in [9.17, 15) is 0 Å². The molecule has 0 radical (unpaired) electrons. The van der Waals surface area contributed by atoms with Crippen molar-refractivity contribution in [2.75, 3.05) is 13.2 Å². The summed E-state index contributed by atoms with van der Waals surface area (Å²) in [5.41, 5.74) is 0. The third-order valence-electron chi connectivity index (χ3n) is 3.73. The molecule has 2 saturated heterocycles. The summed E-state index contributed by atoms with van der Waals surface area (Å²) < 4.78 is 9.15. The van der Waals surface area contributed by atoms with Crippen molar-refractivity contribution in [1.82, 2.24) is 0 Å². The maximum atomic E-state index is 9.12. The lowest BCUT2D eigenvalue weighted by Crippen LogP contribution is -2.58. The Bertz CT molecular complexity index is 326. The van der Waals surface area contributed by atoms with Gasteiger partial charge in [0.1, 0.15) is 48.8 Å². The normalized spacial score (nSPS) is 49.2. The molecule has 10 atom stereocenters. The van der Waals surface area contributed by atoms with Crippen LogP contribution in [0.1, 0.15) is 0 Å². The van der Waals surface area contributed by atoms with Crippen LogP contribution in [0.3, 0.4) is 0 Å². The summed E-state index contributed by atoms with van der Waals surface area (Å²) in [6, 6.07) is 0. The molecule has 12 heteroatoms. The molecule has 12 nitrogen and oxygen atoms in total. The maximum absolute atomic E-state index is 9.12. The second-order valence-corrected chi connectivity index (χ2v) is 5.44. The van der Waals surface area contributed by atoms with Gasteiger partial charge in [-0.2, -0.15) is 0 Å². The summed E-state index contributed by atoms with van der Waals surface area (Å²) in [4.78, 5) is 0. The summed E-state index contributed by atoms with van der Waals surface area (Å²) in [5, 5.41) is 89.3. The summed E-state index contributed by atoms with van der Waals surface area (Å²) in [6.45, 7) is -1.05. The number of rotatable bonds is 2. The minimum Gasteiger partial charge on any atom is -0.394 e. The number of hydrogen-bond acceptors (Lipinski definition) is 12. The molecule has 2 heterocycles. The molecule has 0 amide bonds. The van der Waals surface area contributed by atoms with Crippen LogP contribution < -0.4 is 0 Å². The first kappa shape index (κ1) is 21.6. The Hall–Kier alpha value is -0.480. The van der Waals surface area contributed by atoms with E-state index in [4.69, 9.17) is 51.1 Å². The predicted molar refractivity (Wildman–Crippen MR) is 72.0 cm³/mol. The van der Waals surface area contributed by atoms with E-state index in [1.165, 1.54) is 0 Å². The highest BCUT2D eigenvalue weighted by Gasteiger charge is 2.43. The van der Waals surface area contributed by atoms with Gasteiger partial charge in [-0.3, -0.25) is 0 Å². The van der Waals surface area contributed by atoms with Crippen molar-refractivity contribution in [3.05, 3.63) is 0 Å². The van der Waals surface area contributed by atoms with Gasteiger partial charge < -0.3 is 60.5 Å². The van der Waals surface area contributed by atoms with Crippen molar-refractivity contribution < 1.29 is 60.5 Å². The minimum atomic E-state index is -1.57. The van der Waals surface area contributed by atoms with Crippen LogP contribution in [-0.2, 0) is 9.47 Å². The van der Waals surface area contributed by atoms with Crippen LogP contribution >= 0.6 is 0 Å². The molecule has 0 aromatic carbocycles. The third-order valence-corrected chi connectivity index (χ3v) is 3.73. The highest BCUT2D eigenvalue weighted by Crippen LogP contribution is 2.19. The third kappa shape index (κ3) is 4.78. The lowest BCUT2D eigenvalue weighted by molar-refractivity contribution is -0.286. The van der Waals surface area contributed by atoms with Crippen LogP contribution in [0.2, 0.25) is 0 Å². The molecular formula is C12H24O12. The molecule has 0 aromatic heterocycles. The Balaban J connectivity index is 0.000000240. The number of ether oxygens (including phenoxy) is 2. The van der Waals surface area contributed by atoms with Gasteiger partial charge in [0.15, 0.2) is 12.6 Å². The Morgan fingerprint density at radius 1 is 0.458 bits per heavy atom. The molecule has 2 rings (SSSR count). The molecule has 0 saturated carbocycles. The standard InChI is InChI=1S/2C6H12O6/c2*7-1-2-3(8)4(9)5(10)6(11)12-2/h2*2-11H,1H2/t2-,3-,4+,5-,6?;2-,3-,4+,5-,6+/m11/s1. The molecular weight excluding hydrogens is 336 g/mol. The van der Waals surface area contributed by atoms with Crippen molar-refractivity contribution in [2.45, 2.75) is 61.4 Å². The molecule has 144 valence electrons. The molecule has 0 spiro atoms. The Kier molecular flexibility index (Phi) is 8.34. The Labute approximate surface area is 136 Å². The molecule has 1 unspecified atom stereocenters. The van der Waals surface area contributed by atoms with Gasteiger partial charge in [-0.25, -0.2) is 0 Å². The van der Waals surface area contributed by atoms with E-state index in [0.29, 0.717) is 0 Å². The van der Waals surface area contributed by atoms with E-state index in [1.54, 1.807) is 0 Å². The van der Waals surface area contributed by atoms with Crippen LogP contribution in [0.5, 0.6) is 0 Å². The van der Waals surface area contributed by atoms with Gasteiger partial charge in [-0.1, -0.05) is 0 Å². The average molecular weight is 360 g/mol. The summed E-state index contributed by atoms with van der Waals surface area (Å²) in [5.74, 6) is 0. The number of hydrogen-bond donors (Lipinski definition) is 10. The molecule has 0 aromatic rings. The first-order chi connectivity index (χ1) is 11.1.